The van der Waals surface area contributed by atoms with Crippen molar-refractivity contribution in [2.24, 2.45) is 0 Å². The first kappa shape index (κ1) is 31.6. The summed E-state index contributed by atoms with van der Waals surface area (Å²) >= 11 is 0. The molecule has 0 aromatic heterocycles. The summed E-state index contributed by atoms with van der Waals surface area (Å²) in [6.07, 6.45) is 0. The van der Waals surface area contributed by atoms with Crippen LogP contribution in [-0.4, -0.2) is 0 Å². The second kappa shape index (κ2) is 11.1. The molecular weight excluding hydrogens is 713 g/mol. The molecule has 272 valence electrons. The lowest BCUT2D eigenvalue weighted by molar-refractivity contribution is 0.442. The van der Waals surface area contributed by atoms with Gasteiger partial charge in [-0.3, -0.25) is 0 Å². The SMILES string of the molecule is c1ccc2c(c1)-c1ccccc1C21c2cc(-c3cccc4c3-c3ccccc3C43c4ccccc4-c4c3ccc3ccccc43)ccc2Oc2c1ccc1ccccc21. The normalized spacial score (nSPS) is 16.5. The van der Waals surface area contributed by atoms with Gasteiger partial charge in [-0.05, 0) is 106 Å². The van der Waals surface area contributed by atoms with Crippen LogP contribution in [-0.2, 0) is 10.8 Å². The standard InChI is InChI=1S/C58H34O/c1-3-16-38-35(14-1)28-31-50-54(38)43-20-7-11-25-47(43)57(50)48-26-12-8-21-44(48)55-39(22-13-27-49(55)57)37-30-33-53-52(34-37)58(51-32-29-36-15-2-4-17-40(36)56(51)59-53)45-23-9-5-18-41(45)42-19-6-10-24-46(42)58/h1-34H. The molecule has 4 aliphatic rings. The van der Waals surface area contributed by atoms with E-state index < -0.39 is 10.8 Å². The van der Waals surface area contributed by atoms with E-state index in [1.54, 1.807) is 0 Å². The second-order valence-electron chi connectivity index (χ2n) is 16.6. The van der Waals surface area contributed by atoms with E-state index in [0.717, 1.165) is 16.9 Å². The van der Waals surface area contributed by atoms with Crippen molar-refractivity contribution in [3.63, 3.8) is 0 Å². The van der Waals surface area contributed by atoms with Crippen LogP contribution < -0.4 is 4.74 Å². The molecule has 0 N–H and O–H groups in total. The Balaban J connectivity index is 1.07. The molecule has 0 bridgehead atoms. The molecule has 1 heterocycles. The summed E-state index contributed by atoms with van der Waals surface area (Å²) in [5.74, 6) is 1.84. The van der Waals surface area contributed by atoms with Crippen molar-refractivity contribution in [2.45, 2.75) is 10.8 Å². The zero-order chi connectivity index (χ0) is 38.5. The molecule has 0 fully saturated rings. The summed E-state index contributed by atoms with van der Waals surface area (Å²) in [6.45, 7) is 0. The Morgan fingerprint density at radius 3 is 1.46 bits per heavy atom. The van der Waals surface area contributed by atoms with Gasteiger partial charge in [0, 0.05) is 16.5 Å². The Bertz CT molecular complexity index is 3450. The maximum Gasteiger partial charge on any atom is 0.140 e. The van der Waals surface area contributed by atoms with Gasteiger partial charge in [-0.2, -0.15) is 0 Å². The third-order valence-corrected chi connectivity index (χ3v) is 14.1. The van der Waals surface area contributed by atoms with E-state index in [1.165, 1.54) is 105 Å². The fraction of sp³-hybridized carbons (Fsp3) is 0.0345. The quantitative estimate of drug-likeness (QED) is 0.163. The number of hydrogen-bond acceptors (Lipinski definition) is 1. The van der Waals surface area contributed by atoms with Gasteiger partial charge < -0.3 is 4.74 Å². The van der Waals surface area contributed by atoms with Crippen molar-refractivity contribution >= 4 is 21.5 Å². The Labute approximate surface area is 342 Å². The van der Waals surface area contributed by atoms with Crippen LogP contribution in [0.2, 0.25) is 0 Å². The molecule has 0 saturated heterocycles. The highest BCUT2D eigenvalue weighted by molar-refractivity contribution is 6.07. The minimum atomic E-state index is -0.572. The molecule has 1 heteroatoms. The van der Waals surface area contributed by atoms with Gasteiger partial charge in [0.2, 0.25) is 0 Å². The maximum atomic E-state index is 7.14. The number of rotatable bonds is 1. The summed E-state index contributed by atoms with van der Waals surface area (Å²) in [7, 11) is 0. The molecule has 0 radical (unpaired) electrons. The number of hydrogen-bond donors (Lipinski definition) is 0. The van der Waals surface area contributed by atoms with Crippen LogP contribution in [0.15, 0.2) is 206 Å². The summed E-state index contributed by atoms with van der Waals surface area (Å²) in [5, 5.41) is 4.89. The zero-order valence-corrected chi connectivity index (χ0v) is 32.0. The predicted molar refractivity (Wildman–Crippen MR) is 241 cm³/mol. The van der Waals surface area contributed by atoms with Crippen molar-refractivity contribution in [2.75, 3.05) is 0 Å². The third kappa shape index (κ3) is 3.69. The zero-order valence-electron chi connectivity index (χ0n) is 32.0. The average molecular weight is 747 g/mol. The molecule has 59 heavy (non-hydrogen) atoms. The molecule has 0 saturated carbocycles. The predicted octanol–water partition coefficient (Wildman–Crippen LogP) is 14.5. The fourth-order valence-electron chi connectivity index (χ4n) is 12.0. The number of fused-ring (bicyclic) bond motifs is 23. The van der Waals surface area contributed by atoms with E-state index in [2.05, 4.69) is 206 Å². The molecule has 1 nitrogen and oxygen atoms in total. The molecule has 10 aromatic carbocycles. The van der Waals surface area contributed by atoms with Gasteiger partial charge in [0.15, 0.2) is 0 Å². The third-order valence-electron chi connectivity index (χ3n) is 14.1. The lowest BCUT2D eigenvalue weighted by atomic mass is 9.65. The smallest absolute Gasteiger partial charge is 0.140 e. The second-order valence-corrected chi connectivity index (χ2v) is 16.6. The van der Waals surface area contributed by atoms with Crippen molar-refractivity contribution < 1.29 is 4.74 Å². The van der Waals surface area contributed by atoms with Gasteiger partial charge in [-0.1, -0.05) is 194 Å². The Morgan fingerprint density at radius 2 is 0.763 bits per heavy atom. The van der Waals surface area contributed by atoms with Crippen molar-refractivity contribution in [3.8, 4) is 56.0 Å². The molecule has 14 rings (SSSR count). The van der Waals surface area contributed by atoms with Gasteiger partial charge in [-0.15, -0.1) is 0 Å². The number of ether oxygens (including phenoxy) is 1. The molecule has 10 aromatic rings. The number of benzene rings is 10. The van der Waals surface area contributed by atoms with Crippen molar-refractivity contribution in [3.05, 3.63) is 251 Å². The first-order valence-corrected chi connectivity index (χ1v) is 20.7. The summed E-state index contributed by atoms with van der Waals surface area (Å²) in [5.41, 5.74) is 19.6. The Kier molecular flexibility index (Phi) is 5.96. The van der Waals surface area contributed by atoms with E-state index >= 15 is 0 Å². The molecule has 1 atom stereocenters. The lowest BCUT2D eigenvalue weighted by Gasteiger charge is -2.40. The molecule has 3 aliphatic carbocycles. The minimum Gasteiger partial charge on any atom is -0.456 e. The fourth-order valence-corrected chi connectivity index (χ4v) is 12.0. The van der Waals surface area contributed by atoms with E-state index in [1.807, 2.05) is 0 Å². The monoisotopic (exact) mass is 746 g/mol. The van der Waals surface area contributed by atoms with E-state index in [-0.39, 0.29) is 0 Å². The highest BCUT2D eigenvalue weighted by Gasteiger charge is 2.54. The molecule has 0 amide bonds. The van der Waals surface area contributed by atoms with Crippen LogP contribution in [0.4, 0.5) is 0 Å². The van der Waals surface area contributed by atoms with E-state index in [4.69, 9.17) is 4.74 Å². The Hall–Kier alpha value is -7.48. The Morgan fingerprint density at radius 1 is 0.288 bits per heavy atom. The van der Waals surface area contributed by atoms with Crippen LogP contribution in [0.5, 0.6) is 11.5 Å². The van der Waals surface area contributed by atoms with Gasteiger partial charge in [-0.25, -0.2) is 0 Å². The van der Waals surface area contributed by atoms with Gasteiger partial charge in [0.25, 0.3) is 0 Å². The molecule has 2 spiro atoms. The van der Waals surface area contributed by atoms with Gasteiger partial charge in [0.05, 0.1) is 10.8 Å². The lowest BCUT2D eigenvalue weighted by Crippen LogP contribution is -2.32. The minimum absolute atomic E-state index is 0.445. The maximum absolute atomic E-state index is 7.14. The molecular formula is C58H34O. The van der Waals surface area contributed by atoms with E-state index in [0.29, 0.717) is 0 Å². The van der Waals surface area contributed by atoms with Crippen LogP contribution in [0.25, 0.3) is 66.1 Å². The van der Waals surface area contributed by atoms with Crippen molar-refractivity contribution in [1.29, 1.82) is 0 Å². The van der Waals surface area contributed by atoms with Gasteiger partial charge >= 0.3 is 0 Å². The molecule has 1 unspecified atom stereocenters. The van der Waals surface area contributed by atoms with Gasteiger partial charge in [0.1, 0.15) is 11.5 Å². The van der Waals surface area contributed by atoms with E-state index in [9.17, 15) is 0 Å². The highest BCUT2D eigenvalue weighted by Crippen LogP contribution is 2.66. The summed E-state index contributed by atoms with van der Waals surface area (Å²) in [6, 6.07) is 77.2. The summed E-state index contributed by atoms with van der Waals surface area (Å²) < 4.78 is 7.14. The van der Waals surface area contributed by atoms with Crippen LogP contribution in [0.3, 0.4) is 0 Å². The van der Waals surface area contributed by atoms with Crippen molar-refractivity contribution in [1.82, 2.24) is 0 Å². The summed E-state index contributed by atoms with van der Waals surface area (Å²) in [4.78, 5) is 0. The largest absolute Gasteiger partial charge is 0.456 e. The molecule has 1 aliphatic heterocycles. The topological polar surface area (TPSA) is 9.23 Å². The first-order chi connectivity index (χ1) is 29.3. The first-order valence-electron chi connectivity index (χ1n) is 20.7. The van der Waals surface area contributed by atoms with Crippen LogP contribution >= 0.6 is 0 Å². The van der Waals surface area contributed by atoms with Crippen LogP contribution in [0, 0.1) is 0 Å². The average Bonchev–Trinajstić information content (AvgIpc) is 3.90. The van der Waals surface area contributed by atoms with Crippen LogP contribution in [0.1, 0.15) is 44.5 Å². The highest BCUT2D eigenvalue weighted by atomic mass is 16.5.